The lowest BCUT2D eigenvalue weighted by atomic mass is 10.2. The second-order valence-corrected chi connectivity index (χ2v) is 3.01. The molecule has 0 heterocycles. The molecule has 88 valence electrons. The normalized spacial score (nSPS) is 11.6. The highest BCUT2D eigenvalue weighted by Crippen LogP contribution is 2.25. The number of carbonyl (C=O) groups excluding carboxylic acids is 1. The summed E-state index contributed by atoms with van der Waals surface area (Å²) in [6.45, 7) is -1.46. The average Bonchev–Trinajstić information content (AvgIpc) is 2.26. The number of rotatable bonds is 5. The maximum absolute atomic E-state index is 12.5. The number of hydrogen-bond acceptors (Lipinski definition) is 2. The zero-order chi connectivity index (χ0) is 12.2. The molecule has 1 aromatic rings. The summed E-state index contributed by atoms with van der Waals surface area (Å²) >= 11 is 0. The van der Waals surface area contributed by atoms with E-state index in [1.165, 1.54) is 24.3 Å². The third kappa shape index (κ3) is 2.95. The molecule has 2 nitrogen and oxygen atoms in total. The van der Waals surface area contributed by atoms with Gasteiger partial charge in [-0.25, -0.2) is 8.78 Å². The molecular formula is C10H8F4O2. The molecule has 0 fully saturated rings. The van der Waals surface area contributed by atoms with Crippen LogP contribution < -0.4 is 4.74 Å². The van der Waals surface area contributed by atoms with Crippen molar-refractivity contribution >= 4 is 6.29 Å². The minimum Gasteiger partial charge on any atom is -0.486 e. The quantitative estimate of drug-likeness (QED) is 0.580. The van der Waals surface area contributed by atoms with E-state index in [0.29, 0.717) is 6.29 Å². The van der Waals surface area contributed by atoms with Crippen molar-refractivity contribution in [2.75, 3.05) is 6.61 Å². The highest BCUT2D eigenvalue weighted by atomic mass is 19.3. The molecule has 0 radical (unpaired) electrons. The largest absolute Gasteiger partial charge is 0.486 e. The third-order valence-corrected chi connectivity index (χ3v) is 1.79. The van der Waals surface area contributed by atoms with E-state index < -0.39 is 19.0 Å². The lowest BCUT2D eigenvalue weighted by Crippen LogP contribution is -2.33. The Balaban J connectivity index is 2.71. The van der Waals surface area contributed by atoms with Gasteiger partial charge in [0.05, 0.1) is 5.56 Å². The molecule has 0 aliphatic carbocycles. The Hall–Kier alpha value is -1.59. The van der Waals surface area contributed by atoms with Crippen LogP contribution in [0.2, 0.25) is 0 Å². The lowest BCUT2D eigenvalue weighted by molar-refractivity contribution is -0.148. The molecule has 0 saturated carbocycles. The minimum atomic E-state index is -4.23. The van der Waals surface area contributed by atoms with Crippen molar-refractivity contribution in [2.45, 2.75) is 12.3 Å². The zero-order valence-corrected chi connectivity index (χ0v) is 8.00. The van der Waals surface area contributed by atoms with Crippen LogP contribution in [-0.2, 0) is 0 Å². The van der Waals surface area contributed by atoms with Gasteiger partial charge in [-0.1, -0.05) is 12.1 Å². The molecule has 6 heteroatoms. The van der Waals surface area contributed by atoms with Gasteiger partial charge in [0.25, 0.3) is 0 Å². The van der Waals surface area contributed by atoms with E-state index in [2.05, 4.69) is 4.74 Å². The van der Waals surface area contributed by atoms with Gasteiger partial charge in [-0.2, -0.15) is 8.78 Å². The maximum Gasteiger partial charge on any atom is 0.340 e. The molecule has 0 atom stereocenters. The summed E-state index contributed by atoms with van der Waals surface area (Å²) in [6.07, 6.45) is -3.40. The van der Waals surface area contributed by atoms with Crippen LogP contribution in [0.4, 0.5) is 17.6 Å². The number of hydrogen-bond donors (Lipinski definition) is 0. The molecule has 0 amide bonds. The Kier molecular flexibility index (Phi) is 3.87. The zero-order valence-electron chi connectivity index (χ0n) is 8.00. The fourth-order valence-electron chi connectivity index (χ4n) is 0.946. The molecular weight excluding hydrogens is 228 g/mol. The Labute approximate surface area is 88.8 Å². The van der Waals surface area contributed by atoms with Crippen LogP contribution >= 0.6 is 0 Å². The van der Waals surface area contributed by atoms with Gasteiger partial charge < -0.3 is 4.74 Å². The number of aldehydes is 1. The Morgan fingerprint density at radius 3 is 2.50 bits per heavy atom. The van der Waals surface area contributed by atoms with E-state index in [-0.39, 0.29) is 11.3 Å². The fourth-order valence-corrected chi connectivity index (χ4v) is 0.946. The summed E-state index contributed by atoms with van der Waals surface area (Å²) in [5.41, 5.74) is 0.0348. The van der Waals surface area contributed by atoms with E-state index in [1.54, 1.807) is 0 Å². The Morgan fingerprint density at radius 2 is 1.94 bits per heavy atom. The summed E-state index contributed by atoms with van der Waals surface area (Å²) < 4.78 is 53.1. The number of carbonyl (C=O) groups is 1. The smallest absolute Gasteiger partial charge is 0.340 e. The van der Waals surface area contributed by atoms with Gasteiger partial charge in [0.2, 0.25) is 0 Å². The molecule has 0 spiro atoms. The second kappa shape index (κ2) is 4.96. The van der Waals surface area contributed by atoms with Crippen molar-refractivity contribution in [2.24, 2.45) is 0 Å². The van der Waals surface area contributed by atoms with E-state index in [1.807, 2.05) is 0 Å². The molecule has 0 N–H and O–H groups in total. The first kappa shape index (κ1) is 12.5. The summed E-state index contributed by atoms with van der Waals surface area (Å²) in [6, 6.07) is 5.54. The van der Waals surface area contributed by atoms with Gasteiger partial charge in [0.1, 0.15) is 5.75 Å². The van der Waals surface area contributed by atoms with Crippen molar-refractivity contribution < 1.29 is 27.1 Å². The monoisotopic (exact) mass is 236 g/mol. The van der Waals surface area contributed by atoms with E-state index in [9.17, 15) is 22.4 Å². The summed E-state index contributed by atoms with van der Waals surface area (Å²) in [7, 11) is 0. The van der Waals surface area contributed by atoms with Crippen LogP contribution in [0.3, 0.4) is 0 Å². The van der Waals surface area contributed by atoms with Crippen molar-refractivity contribution in [3.63, 3.8) is 0 Å². The Bertz CT molecular complexity index is 366. The molecule has 16 heavy (non-hydrogen) atoms. The van der Waals surface area contributed by atoms with Crippen LogP contribution in [0.15, 0.2) is 24.3 Å². The molecule has 1 rings (SSSR count). The first-order valence-electron chi connectivity index (χ1n) is 4.30. The van der Waals surface area contributed by atoms with Crippen molar-refractivity contribution in [1.29, 1.82) is 0 Å². The van der Waals surface area contributed by atoms with Crippen molar-refractivity contribution in [1.82, 2.24) is 0 Å². The van der Waals surface area contributed by atoms with Gasteiger partial charge in [0.15, 0.2) is 12.9 Å². The highest BCUT2D eigenvalue weighted by Gasteiger charge is 2.41. The number of alkyl halides is 4. The van der Waals surface area contributed by atoms with Crippen LogP contribution in [0.25, 0.3) is 0 Å². The molecule has 1 aromatic carbocycles. The number of benzene rings is 1. The summed E-state index contributed by atoms with van der Waals surface area (Å²) in [5.74, 6) is -4.37. The van der Waals surface area contributed by atoms with Crippen LogP contribution in [0.5, 0.6) is 5.75 Å². The van der Waals surface area contributed by atoms with Gasteiger partial charge in [-0.05, 0) is 12.1 Å². The van der Waals surface area contributed by atoms with E-state index in [4.69, 9.17) is 0 Å². The first-order chi connectivity index (χ1) is 7.47. The maximum atomic E-state index is 12.5. The topological polar surface area (TPSA) is 26.3 Å². The van der Waals surface area contributed by atoms with Gasteiger partial charge >= 0.3 is 12.3 Å². The predicted octanol–water partition coefficient (Wildman–Crippen LogP) is 2.78. The standard InChI is InChI=1S/C10H8F4O2/c11-9(12)10(13,14)6-16-8-4-2-1-3-7(8)5-15/h1-5,9H,6H2. The number of ether oxygens (including phenoxy) is 1. The van der Waals surface area contributed by atoms with Crippen molar-refractivity contribution in [3.05, 3.63) is 29.8 Å². The lowest BCUT2D eigenvalue weighted by Gasteiger charge is -2.16. The SMILES string of the molecule is O=Cc1ccccc1OCC(F)(F)C(F)F. The number of para-hydroxylation sites is 1. The van der Waals surface area contributed by atoms with Crippen LogP contribution in [-0.4, -0.2) is 25.2 Å². The molecule has 0 aliphatic heterocycles. The second-order valence-electron chi connectivity index (χ2n) is 3.01. The van der Waals surface area contributed by atoms with Gasteiger partial charge in [0, 0.05) is 0 Å². The molecule has 0 saturated heterocycles. The van der Waals surface area contributed by atoms with E-state index >= 15 is 0 Å². The highest BCUT2D eigenvalue weighted by molar-refractivity contribution is 5.79. The van der Waals surface area contributed by atoms with Gasteiger partial charge in [-0.3, -0.25) is 4.79 Å². The van der Waals surface area contributed by atoms with Gasteiger partial charge in [-0.15, -0.1) is 0 Å². The minimum absolute atomic E-state index is 0.0348. The molecule has 0 unspecified atom stereocenters. The Morgan fingerprint density at radius 1 is 1.31 bits per heavy atom. The third-order valence-electron chi connectivity index (χ3n) is 1.79. The van der Waals surface area contributed by atoms with Crippen LogP contribution in [0, 0.1) is 0 Å². The number of halogens is 4. The summed E-state index contributed by atoms with van der Waals surface area (Å²) in [5, 5.41) is 0. The summed E-state index contributed by atoms with van der Waals surface area (Å²) in [4.78, 5) is 10.5. The van der Waals surface area contributed by atoms with Crippen molar-refractivity contribution in [3.8, 4) is 5.75 Å². The fraction of sp³-hybridized carbons (Fsp3) is 0.300. The first-order valence-corrected chi connectivity index (χ1v) is 4.30. The van der Waals surface area contributed by atoms with Crippen LogP contribution in [0.1, 0.15) is 10.4 Å². The molecule has 0 bridgehead atoms. The molecule has 0 aliphatic rings. The average molecular weight is 236 g/mol. The van der Waals surface area contributed by atoms with E-state index in [0.717, 1.165) is 0 Å². The molecule has 0 aromatic heterocycles. The predicted molar refractivity (Wildman–Crippen MR) is 48.3 cm³/mol.